The highest BCUT2D eigenvalue weighted by molar-refractivity contribution is 5.96. The number of piperazine rings is 1. The minimum Gasteiger partial charge on any atom is -0.338 e. The molecule has 2 aromatic heterocycles. The molecule has 0 bridgehead atoms. The lowest BCUT2D eigenvalue weighted by molar-refractivity contribution is 0.0962. The minimum atomic E-state index is 0.190. The van der Waals surface area contributed by atoms with Gasteiger partial charge in [0.1, 0.15) is 11.6 Å². The van der Waals surface area contributed by atoms with Crippen molar-refractivity contribution in [3.63, 3.8) is 0 Å². The lowest BCUT2D eigenvalue weighted by Gasteiger charge is -2.32. The highest BCUT2D eigenvalue weighted by Crippen LogP contribution is 2.29. The molecule has 0 atom stereocenters. The summed E-state index contributed by atoms with van der Waals surface area (Å²) >= 11 is 0. The molecule has 4 rings (SSSR count). The van der Waals surface area contributed by atoms with Gasteiger partial charge in [-0.15, -0.1) is 0 Å². The molecule has 2 aliphatic rings. The molecule has 1 saturated carbocycles. The molecule has 0 spiro atoms. The Kier molecular flexibility index (Phi) is 6.52. The number of aryl methyl sites for hydroxylation is 1. The van der Waals surface area contributed by atoms with Gasteiger partial charge in [-0.3, -0.25) is 4.79 Å². The fourth-order valence-electron chi connectivity index (χ4n) is 4.15. The number of anilines is 3. The van der Waals surface area contributed by atoms with E-state index in [1.54, 1.807) is 12.3 Å². The Hall–Kier alpha value is -2.61. The molecule has 1 aliphatic heterocycles. The van der Waals surface area contributed by atoms with E-state index in [0.717, 1.165) is 38.4 Å². The van der Waals surface area contributed by atoms with E-state index >= 15 is 0 Å². The number of likely N-dealkylation sites (N-methyl/N-ethyl adjacent to an activating group) is 1. The van der Waals surface area contributed by atoms with Crippen molar-refractivity contribution in [3.05, 3.63) is 29.7 Å². The average molecular weight is 410 g/mol. The summed E-state index contributed by atoms with van der Waals surface area (Å²) in [5.41, 5.74) is 0.698. The molecule has 8 heteroatoms. The standard InChI is InChI=1S/C22H31N7O/c1-3-19-24-21(27-22(26-19)29-12-10-28(2)11-13-29)25-20-15-17(8-9-23-20)18(30)14-16-6-4-5-7-16/h8-9,15-16H,3-7,10-14H2,1-2H3,(H,23,24,25,26,27). The summed E-state index contributed by atoms with van der Waals surface area (Å²) in [4.78, 5) is 35.3. The van der Waals surface area contributed by atoms with Crippen LogP contribution in [-0.2, 0) is 6.42 Å². The summed E-state index contributed by atoms with van der Waals surface area (Å²) in [5, 5.41) is 3.19. The number of hydrogen-bond acceptors (Lipinski definition) is 8. The van der Waals surface area contributed by atoms with Crippen LogP contribution in [0.5, 0.6) is 0 Å². The Bertz CT molecular complexity index is 874. The van der Waals surface area contributed by atoms with Crippen molar-refractivity contribution in [2.45, 2.75) is 45.4 Å². The summed E-state index contributed by atoms with van der Waals surface area (Å²) in [6.07, 6.45) is 7.86. The van der Waals surface area contributed by atoms with Crippen LogP contribution in [0.15, 0.2) is 18.3 Å². The molecule has 0 radical (unpaired) electrons. The Balaban J connectivity index is 1.49. The summed E-state index contributed by atoms with van der Waals surface area (Å²) in [5.74, 6) is 3.23. The van der Waals surface area contributed by atoms with E-state index in [2.05, 4.69) is 42.1 Å². The third-order valence-corrected chi connectivity index (χ3v) is 6.04. The first-order valence-corrected chi connectivity index (χ1v) is 11.1. The molecule has 160 valence electrons. The van der Waals surface area contributed by atoms with Gasteiger partial charge in [0.25, 0.3) is 0 Å². The van der Waals surface area contributed by atoms with Crippen molar-refractivity contribution in [3.8, 4) is 0 Å². The van der Waals surface area contributed by atoms with Crippen molar-refractivity contribution < 1.29 is 4.79 Å². The maximum Gasteiger partial charge on any atom is 0.233 e. The molecular weight excluding hydrogens is 378 g/mol. The number of rotatable bonds is 7. The fourth-order valence-corrected chi connectivity index (χ4v) is 4.15. The van der Waals surface area contributed by atoms with Gasteiger partial charge >= 0.3 is 0 Å². The van der Waals surface area contributed by atoms with Crippen LogP contribution in [0.3, 0.4) is 0 Å². The molecule has 1 aliphatic carbocycles. The summed E-state index contributed by atoms with van der Waals surface area (Å²) in [6, 6.07) is 3.60. The van der Waals surface area contributed by atoms with E-state index < -0.39 is 0 Å². The minimum absolute atomic E-state index is 0.190. The number of carbonyl (C=O) groups is 1. The normalized spacial score (nSPS) is 18.0. The van der Waals surface area contributed by atoms with Crippen LogP contribution >= 0.6 is 0 Å². The number of Topliss-reactive ketones (excluding diaryl/α,β-unsaturated/α-hetero) is 1. The molecule has 3 heterocycles. The lowest BCUT2D eigenvalue weighted by atomic mass is 9.97. The van der Waals surface area contributed by atoms with Gasteiger partial charge in [0, 0.05) is 50.8 Å². The highest BCUT2D eigenvalue weighted by atomic mass is 16.1. The van der Waals surface area contributed by atoms with E-state index in [4.69, 9.17) is 0 Å². The summed E-state index contributed by atoms with van der Waals surface area (Å²) < 4.78 is 0. The van der Waals surface area contributed by atoms with Crippen LogP contribution in [0.4, 0.5) is 17.7 Å². The smallest absolute Gasteiger partial charge is 0.233 e. The number of carbonyl (C=O) groups excluding carboxylic acids is 1. The Morgan fingerprint density at radius 2 is 1.90 bits per heavy atom. The van der Waals surface area contributed by atoms with Crippen LogP contribution in [0, 0.1) is 5.92 Å². The highest BCUT2D eigenvalue weighted by Gasteiger charge is 2.20. The largest absolute Gasteiger partial charge is 0.338 e. The zero-order chi connectivity index (χ0) is 20.9. The SMILES string of the molecule is CCc1nc(Nc2cc(C(=O)CC3CCCC3)ccn2)nc(N2CCN(C)CC2)n1. The number of nitrogens with zero attached hydrogens (tertiary/aromatic N) is 6. The van der Waals surface area contributed by atoms with Crippen molar-refractivity contribution >= 4 is 23.5 Å². The monoisotopic (exact) mass is 409 g/mol. The lowest BCUT2D eigenvalue weighted by Crippen LogP contribution is -2.45. The van der Waals surface area contributed by atoms with Gasteiger partial charge < -0.3 is 15.1 Å². The molecule has 0 unspecified atom stereocenters. The number of aromatic nitrogens is 4. The van der Waals surface area contributed by atoms with E-state index in [1.165, 1.54) is 25.7 Å². The first-order valence-electron chi connectivity index (χ1n) is 11.1. The Morgan fingerprint density at radius 3 is 2.63 bits per heavy atom. The van der Waals surface area contributed by atoms with Crippen molar-refractivity contribution in [2.24, 2.45) is 5.92 Å². The Labute approximate surface area is 178 Å². The van der Waals surface area contributed by atoms with Crippen LogP contribution in [-0.4, -0.2) is 63.8 Å². The predicted octanol–water partition coefficient (Wildman–Crippen LogP) is 3.09. The average Bonchev–Trinajstić information content (AvgIpc) is 3.27. The topological polar surface area (TPSA) is 87.1 Å². The summed E-state index contributed by atoms with van der Waals surface area (Å²) in [6.45, 7) is 5.80. The maximum atomic E-state index is 12.7. The van der Waals surface area contributed by atoms with Gasteiger partial charge in [-0.25, -0.2) is 4.98 Å². The molecule has 1 saturated heterocycles. The van der Waals surface area contributed by atoms with Crippen LogP contribution in [0.25, 0.3) is 0 Å². The number of ketones is 1. The number of pyridine rings is 1. The van der Waals surface area contributed by atoms with Gasteiger partial charge in [0.2, 0.25) is 11.9 Å². The first kappa shape index (κ1) is 20.7. The second kappa shape index (κ2) is 9.47. The number of nitrogens with one attached hydrogen (secondary N) is 1. The maximum absolute atomic E-state index is 12.7. The van der Waals surface area contributed by atoms with Crippen LogP contribution in [0.2, 0.25) is 0 Å². The number of hydrogen-bond donors (Lipinski definition) is 1. The van der Waals surface area contributed by atoms with Crippen molar-refractivity contribution in [1.29, 1.82) is 0 Å². The zero-order valence-electron chi connectivity index (χ0n) is 18.0. The van der Waals surface area contributed by atoms with Crippen molar-refractivity contribution in [2.75, 3.05) is 43.4 Å². The molecule has 8 nitrogen and oxygen atoms in total. The third-order valence-electron chi connectivity index (χ3n) is 6.04. The van der Waals surface area contributed by atoms with Gasteiger partial charge in [-0.1, -0.05) is 32.6 Å². The molecule has 30 heavy (non-hydrogen) atoms. The molecule has 2 aromatic rings. The second-order valence-corrected chi connectivity index (χ2v) is 8.35. The third kappa shape index (κ3) is 5.11. The zero-order valence-corrected chi connectivity index (χ0v) is 18.0. The van der Waals surface area contributed by atoms with E-state index in [-0.39, 0.29) is 5.78 Å². The van der Waals surface area contributed by atoms with Gasteiger partial charge in [-0.05, 0) is 25.1 Å². The quantitative estimate of drug-likeness (QED) is 0.698. The second-order valence-electron chi connectivity index (χ2n) is 8.35. The Morgan fingerprint density at radius 1 is 1.13 bits per heavy atom. The van der Waals surface area contributed by atoms with Crippen molar-refractivity contribution in [1.82, 2.24) is 24.8 Å². The van der Waals surface area contributed by atoms with Gasteiger partial charge in [0.15, 0.2) is 5.78 Å². The molecule has 1 N–H and O–H groups in total. The molecule has 0 aromatic carbocycles. The van der Waals surface area contributed by atoms with E-state index in [9.17, 15) is 4.79 Å². The van der Waals surface area contributed by atoms with Crippen LogP contribution in [0.1, 0.15) is 55.2 Å². The molecule has 0 amide bonds. The summed E-state index contributed by atoms with van der Waals surface area (Å²) in [7, 11) is 2.13. The van der Waals surface area contributed by atoms with E-state index in [1.807, 2.05) is 13.0 Å². The molecule has 2 fully saturated rings. The van der Waals surface area contributed by atoms with Gasteiger partial charge in [-0.2, -0.15) is 15.0 Å². The molecular formula is C22H31N7O. The fraction of sp³-hybridized carbons (Fsp3) is 0.591. The first-order chi connectivity index (χ1) is 14.6. The predicted molar refractivity (Wildman–Crippen MR) is 117 cm³/mol. The van der Waals surface area contributed by atoms with E-state index in [0.29, 0.717) is 35.6 Å². The van der Waals surface area contributed by atoms with Crippen LogP contribution < -0.4 is 10.2 Å². The van der Waals surface area contributed by atoms with Gasteiger partial charge in [0.05, 0.1) is 0 Å².